The molecular weight excluding hydrogens is 444 g/mol. The zero-order chi connectivity index (χ0) is 23.0. The van der Waals surface area contributed by atoms with Crippen molar-refractivity contribution in [3.8, 4) is 5.75 Å². The highest BCUT2D eigenvalue weighted by molar-refractivity contribution is 7.89. The molecule has 0 heterocycles. The average Bonchev–Trinajstić information content (AvgIpc) is 2.74. The molecule has 2 rings (SSSR count). The van der Waals surface area contributed by atoms with Crippen LogP contribution in [0.5, 0.6) is 5.75 Å². The number of halogens is 1. The van der Waals surface area contributed by atoms with Crippen LogP contribution in [0.3, 0.4) is 0 Å². The summed E-state index contributed by atoms with van der Waals surface area (Å²) in [6.45, 7) is 5.07. The maximum absolute atomic E-state index is 12.6. The lowest BCUT2D eigenvalue weighted by atomic mass is 10.2. The van der Waals surface area contributed by atoms with Gasteiger partial charge in [-0.1, -0.05) is 31.5 Å². The van der Waals surface area contributed by atoms with Gasteiger partial charge < -0.3 is 14.8 Å². The molecule has 0 unspecified atom stereocenters. The van der Waals surface area contributed by atoms with Gasteiger partial charge in [-0.3, -0.25) is 4.79 Å². The van der Waals surface area contributed by atoms with Gasteiger partial charge in [-0.05, 0) is 48.9 Å². The van der Waals surface area contributed by atoms with Crippen LogP contribution >= 0.6 is 11.6 Å². The highest BCUT2D eigenvalue weighted by atomic mass is 35.5. The Morgan fingerprint density at radius 3 is 2.42 bits per heavy atom. The van der Waals surface area contributed by atoms with E-state index in [1.54, 1.807) is 45.0 Å². The lowest BCUT2D eigenvalue weighted by Crippen LogP contribution is -2.30. The predicted molar refractivity (Wildman–Crippen MR) is 118 cm³/mol. The first-order chi connectivity index (χ1) is 14.7. The molecule has 0 aliphatic carbocycles. The Morgan fingerprint density at radius 1 is 1.06 bits per heavy atom. The monoisotopic (exact) mass is 468 g/mol. The number of esters is 1. The third-order valence-corrected chi connectivity index (χ3v) is 6.78. The van der Waals surface area contributed by atoms with Crippen LogP contribution in [0.15, 0.2) is 47.4 Å². The van der Waals surface area contributed by atoms with Crippen molar-refractivity contribution in [1.82, 2.24) is 4.31 Å². The van der Waals surface area contributed by atoms with E-state index in [-0.39, 0.29) is 17.2 Å². The molecule has 0 atom stereocenters. The summed E-state index contributed by atoms with van der Waals surface area (Å²) >= 11 is 5.93. The second-order valence-corrected chi connectivity index (χ2v) is 8.87. The smallest absolute Gasteiger partial charge is 0.344 e. The van der Waals surface area contributed by atoms with Crippen LogP contribution in [0.1, 0.15) is 19.4 Å². The highest BCUT2D eigenvalue weighted by Crippen LogP contribution is 2.21. The van der Waals surface area contributed by atoms with E-state index in [9.17, 15) is 18.0 Å². The maximum atomic E-state index is 12.6. The first-order valence-corrected chi connectivity index (χ1v) is 11.4. The van der Waals surface area contributed by atoms with E-state index in [2.05, 4.69) is 5.32 Å². The molecule has 0 aliphatic rings. The summed E-state index contributed by atoms with van der Waals surface area (Å²) in [7, 11) is -3.65. The number of ether oxygens (including phenoxy) is 2. The lowest BCUT2D eigenvalue weighted by Gasteiger charge is -2.18. The van der Waals surface area contributed by atoms with Crippen molar-refractivity contribution >= 4 is 39.2 Å². The topological polar surface area (TPSA) is 102 Å². The summed E-state index contributed by atoms with van der Waals surface area (Å²) in [5.74, 6) is -0.872. The molecule has 2 aromatic carbocycles. The molecule has 10 heteroatoms. The maximum Gasteiger partial charge on any atom is 0.344 e. The van der Waals surface area contributed by atoms with Gasteiger partial charge in [0.15, 0.2) is 13.2 Å². The van der Waals surface area contributed by atoms with Crippen LogP contribution in [-0.2, 0) is 24.3 Å². The molecule has 0 bridgehead atoms. The Hall–Kier alpha value is -2.62. The van der Waals surface area contributed by atoms with E-state index < -0.39 is 28.5 Å². The SMILES string of the molecule is CCN(CC)S(=O)(=O)c1cccc(NC(=O)COC(=O)COc2ccc(Cl)c(C)c2)c1. The molecule has 1 N–H and O–H groups in total. The lowest BCUT2D eigenvalue weighted by molar-refractivity contribution is -0.149. The Kier molecular flexibility index (Phi) is 8.85. The number of rotatable bonds is 10. The van der Waals surface area contributed by atoms with Gasteiger partial charge in [-0.2, -0.15) is 4.31 Å². The Morgan fingerprint density at radius 2 is 1.77 bits per heavy atom. The van der Waals surface area contributed by atoms with Crippen molar-refractivity contribution in [3.05, 3.63) is 53.1 Å². The largest absolute Gasteiger partial charge is 0.482 e. The fraction of sp³-hybridized carbons (Fsp3) is 0.333. The standard InChI is InChI=1S/C21H25ClN2O6S/c1-4-24(5-2)31(27,28)18-8-6-7-16(12-18)23-20(25)13-30-21(26)14-29-17-9-10-19(22)15(3)11-17/h6-12H,4-5,13-14H2,1-3H3,(H,23,25). The second-order valence-electron chi connectivity index (χ2n) is 6.53. The van der Waals surface area contributed by atoms with Gasteiger partial charge in [0.1, 0.15) is 5.75 Å². The molecule has 0 radical (unpaired) electrons. The number of carbonyl (C=O) groups is 2. The molecule has 0 saturated carbocycles. The summed E-state index contributed by atoms with van der Waals surface area (Å²) < 4.78 is 36.7. The summed E-state index contributed by atoms with van der Waals surface area (Å²) in [6.07, 6.45) is 0. The quantitative estimate of drug-likeness (QED) is 0.537. The summed E-state index contributed by atoms with van der Waals surface area (Å²) in [5, 5.41) is 3.10. The number of sulfonamides is 1. The van der Waals surface area contributed by atoms with Gasteiger partial charge >= 0.3 is 5.97 Å². The molecular formula is C21H25ClN2O6S. The van der Waals surface area contributed by atoms with E-state index in [1.807, 2.05) is 0 Å². The molecule has 0 aromatic heterocycles. The molecule has 0 aliphatic heterocycles. The zero-order valence-electron chi connectivity index (χ0n) is 17.6. The highest BCUT2D eigenvalue weighted by Gasteiger charge is 2.22. The Balaban J connectivity index is 1.88. The summed E-state index contributed by atoms with van der Waals surface area (Å²) in [5.41, 5.74) is 1.08. The van der Waals surface area contributed by atoms with Gasteiger partial charge in [-0.15, -0.1) is 0 Å². The number of aryl methyl sites for hydroxylation is 1. The number of hydrogen-bond acceptors (Lipinski definition) is 6. The summed E-state index contributed by atoms with van der Waals surface area (Å²) in [4.78, 5) is 24.0. The van der Waals surface area contributed by atoms with Crippen molar-refractivity contribution < 1.29 is 27.5 Å². The van der Waals surface area contributed by atoms with Crippen molar-refractivity contribution in [3.63, 3.8) is 0 Å². The molecule has 8 nitrogen and oxygen atoms in total. The number of anilines is 1. The fourth-order valence-electron chi connectivity index (χ4n) is 2.68. The average molecular weight is 469 g/mol. The van der Waals surface area contributed by atoms with Crippen LogP contribution in [0, 0.1) is 6.92 Å². The van der Waals surface area contributed by atoms with E-state index in [0.717, 1.165) is 5.56 Å². The zero-order valence-corrected chi connectivity index (χ0v) is 19.1. The second kappa shape index (κ2) is 11.1. The van der Waals surface area contributed by atoms with Crippen molar-refractivity contribution in [2.45, 2.75) is 25.7 Å². The Bertz CT molecular complexity index is 1040. The van der Waals surface area contributed by atoms with Gasteiger partial charge in [0.25, 0.3) is 5.91 Å². The number of nitrogens with one attached hydrogen (secondary N) is 1. The summed E-state index contributed by atoms with van der Waals surface area (Å²) in [6, 6.07) is 10.8. The van der Waals surface area contributed by atoms with E-state index in [4.69, 9.17) is 21.1 Å². The molecule has 1 amide bonds. The minimum atomic E-state index is -3.65. The number of hydrogen-bond donors (Lipinski definition) is 1. The van der Waals surface area contributed by atoms with Gasteiger partial charge in [0.2, 0.25) is 10.0 Å². The van der Waals surface area contributed by atoms with Crippen LogP contribution in [-0.4, -0.2) is 50.9 Å². The molecule has 2 aromatic rings. The molecule has 0 saturated heterocycles. The van der Waals surface area contributed by atoms with Crippen LogP contribution < -0.4 is 10.1 Å². The first kappa shape index (κ1) is 24.6. The minimum absolute atomic E-state index is 0.0673. The minimum Gasteiger partial charge on any atom is -0.482 e. The van der Waals surface area contributed by atoms with Crippen molar-refractivity contribution in [2.75, 3.05) is 31.6 Å². The van der Waals surface area contributed by atoms with Crippen LogP contribution in [0.25, 0.3) is 0 Å². The van der Waals surface area contributed by atoms with Crippen LogP contribution in [0.4, 0.5) is 5.69 Å². The normalized spacial score (nSPS) is 11.3. The third-order valence-electron chi connectivity index (χ3n) is 4.31. The third kappa shape index (κ3) is 6.95. The van der Waals surface area contributed by atoms with Crippen molar-refractivity contribution in [1.29, 1.82) is 0 Å². The molecule has 168 valence electrons. The number of carbonyl (C=O) groups excluding carboxylic acids is 2. The first-order valence-electron chi connectivity index (χ1n) is 9.62. The van der Waals surface area contributed by atoms with E-state index >= 15 is 0 Å². The van der Waals surface area contributed by atoms with Gasteiger partial charge in [0, 0.05) is 23.8 Å². The van der Waals surface area contributed by atoms with Gasteiger partial charge in [0.05, 0.1) is 4.90 Å². The fourth-order valence-corrected chi connectivity index (χ4v) is 4.30. The van der Waals surface area contributed by atoms with Crippen molar-refractivity contribution in [2.24, 2.45) is 0 Å². The number of amides is 1. The van der Waals surface area contributed by atoms with Gasteiger partial charge in [-0.25, -0.2) is 13.2 Å². The van der Waals surface area contributed by atoms with Crippen LogP contribution in [0.2, 0.25) is 5.02 Å². The molecule has 0 fully saturated rings. The van der Waals surface area contributed by atoms with E-state index in [0.29, 0.717) is 23.9 Å². The van der Waals surface area contributed by atoms with E-state index in [1.165, 1.54) is 22.5 Å². The number of nitrogens with zero attached hydrogens (tertiary/aromatic N) is 1. The predicted octanol–water partition coefficient (Wildman–Crippen LogP) is 3.24. The molecule has 0 spiro atoms. The molecule has 31 heavy (non-hydrogen) atoms. The number of benzene rings is 2. The Labute approximate surface area is 187 Å².